The number of methoxy groups -OCH3 is 1. The number of nitrogens with one attached hydrogen (secondary N) is 1. The van der Waals surface area contributed by atoms with Crippen LogP contribution in [0.4, 0.5) is 5.69 Å². The number of anilines is 1. The molecule has 1 aromatic heterocycles. The lowest BCUT2D eigenvalue weighted by Crippen LogP contribution is -2.30. The van der Waals surface area contributed by atoms with Gasteiger partial charge in [-0.25, -0.2) is 4.79 Å². The normalized spacial score (nSPS) is 12.3. The molecule has 1 atom stereocenters. The van der Waals surface area contributed by atoms with E-state index in [1.54, 1.807) is 12.1 Å². The van der Waals surface area contributed by atoms with Gasteiger partial charge in [0.2, 0.25) is 0 Å². The van der Waals surface area contributed by atoms with Crippen LogP contribution in [-0.4, -0.2) is 29.7 Å². The number of amides is 1. The highest BCUT2D eigenvalue weighted by atomic mass is 16.5. The molecule has 7 heteroatoms. The number of hydrogen-bond acceptors (Lipinski definition) is 5. The molecule has 32 heavy (non-hydrogen) atoms. The van der Waals surface area contributed by atoms with Crippen molar-refractivity contribution in [2.75, 3.05) is 12.4 Å². The molecule has 0 aliphatic heterocycles. The third kappa shape index (κ3) is 6.01. The maximum absolute atomic E-state index is 12.6. The summed E-state index contributed by atoms with van der Waals surface area (Å²) in [6, 6.07) is 9.19. The van der Waals surface area contributed by atoms with Crippen molar-refractivity contribution >= 4 is 23.6 Å². The zero-order valence-electron chi connectivity index (χ0n) is 19.8. The molecule has 0 radical (unpaired) electrons. The summed E-state index contributed by atoms with van der Waals surface area (Å²) in [5.41, 5.74) is 4.05. The lowest BCUT2D eigenvalue weighted by molar-refractivity contribution is -0.148. The quantitative estimate of drug-likeness (QED) is 0.371. The number of aromatic nitrogens is 1. The van der Waals surface area contributed by atoms with Gasteiger partial charge >= 0.3 is 5.97 Å². The number of benzene rings is 1. The lowest BCUT2D eigenvalue weighted by atomic mass is 10.1. The zero-order chi connectivity index (χ0) is 24.0. The van der Waals surface area contributed by atoms with Crippen molar-refractivity contribution in [2.45, 2.75) is 54.2 Å². The van der Waals surface area contributed by atoms with Gasteiger partial charge in [-0.15, -0.1) is 0 Å². The Morgan fingerprint density at radius 2 is 1.88 bits per heavy atom. The van der Waals surface area contributed by atoms with Gasteiger partial charge in [0.05, 0.1) is 12.8 Å². The van der Waals surface area contributed by atoms with Crippen LogP contribution in [0.25, 0.3) is 6.08 Å². The Balaban J connectivity index is 2.16. The second kappa shape index (κ2) is 10.7. The third-order valence-corrected chi connectivity index (χ3v) is 5.07. The van der Waals surface area contributed by atoms with Crippen LogP contribution in [0, 0.1) is 38.0 Å². The highest BCUT2D eigenvalue weighted by Gasteiger charge is 2.22. The van der Waals surface area contributed by atoms with E-state index in [9.17, 15) is 14.9 Å². The van der Waals surface area contributed by atoms with Gasteiger partial charge < -0.3 is 19.4 Å². The van der Waals surface area contributed by atoms with E-state index in [-0.39, 0.29) is 5.57 Å². The Kier molecular flexibility index (Phi) is 8.25. The summed E-state index contributed by atoms with van der Waals surface area (Å²) in [4.78, 5) is 25.1. The largest absolute Gasteiger partial charge is 0.495 e. The van der Waals surface area contributed by atoms with E-state index in [0.29, 0.717) is 17.4 Å². The molecule has 0 bridgehead atoms. The van der Waals surface area contributed by atoms with Crippen LogP contribution in [-0.2, 0) is 20.9 Å². The monoisotopic (exact) mass is 437 g/mol. The van der Waals surface area contributed by atoms with Crippen molar-refractivity contribution in [3.8, 4) is 11.8 Å². The number of carbonyl (C=O) groups is 2. The molecule has 0 aliphatic carbocycles. The van der Waals surface area contributed by atoms with Crippen molar-refractivity contribution in [3.63, 3.8) is 0 Å². The molecule has 0 spiro atoms. The average Bonchev–Trinajstić information content (AvgIpc) is 2.98. The number of ether oxygens (including phenoxy) is 2. The number of esters is 1. The minimum atomic E-state index is -1.10. The summed E-state index contributed by atoms with van der Waals surface area (Å²) in [5, 5.41) is 12.2. The summed E-state index contributed by atoms with van der Waals surface area (Å²) in [7, 11) is 1.51. The summed E-state index contributed by atoms with van der Waals surface area (Å²) in [6.45, 7) is 12.4. The van der Waals surface area contributed by atoms with Gasteiger partial charge in [0.1, 0.15) is 17.4 Å². The number of carbonyl (C=O) groups excluding carboxylic acids is 2. The van der Waals surface area contributed by atoms with Crippen LogP contribution in [0.5, 0.6) is 5.75 Å². The maximum Gasteiger partial charge on any atom is 0.349 e. The highest BCUT2D eigenvalue weighted by molar-refractivity contribution is 6.01. The molecule has 170 valence electrons. The number of rotatable bonds is 8. The fraction of sp³-hybridized carbons (Fsp3) is 0.400. The van der Waals surface area contributed by atoms with Gasteiger partial charge in [-0.05, 0) is 69.0 Å². The first-order valence-corrected chi connectivity index (χ1v) is 10.5. The van der Waals surface area contributed by atoms with Crippen LogP contribution in [0.15, 0.2) is 29.8 Å². The molecule has 2 aromatic rings. The molecule has 0 fully saturated rings. The highest BCUT2D eigenvalue weighted by Crippen LogP contribution is 2.25. The van der Waals surface area contributed by atoms with Crippen LogP contribution in [0.2, 0.25) is 0 Å². The first kappa shape index (κ1) is 24.7. The second-order valence-electron chi connectivity index (χ2n) is 8.24. The standard InChI is InChI=1S/C25H31N3O4/c1-15(2)14-28-17(4)11-20(18(28)5)12-21(13-26)25(30)32-19(6)24(29)27-22-10-16(3)8-9-23(22)31-7/h8-12,15,19H,14H2,1-7H3,(H,27,29)/b21-12+. The predicted octanol–water partition coefficient (Wildman–Crippen LogP) is 4.56. The van der Waals surface area contributed by atoms with E-state index >= 15 is 0 Å². The van der Waals surface area contributed by atoms with Gasteiger partial charge in [0.25, 0.3) is 5.91 Å². The van der Waals surface area contributed by atoms with Crippen LogP contribution < -0.4 is 10.1 Å². The number of nitrogens with zero attached hydrogens (tertiary/aromatic N) is 2. The van der Waals surface area contributed by atoms with Crippen molar-refractivity contribution in [1.82, 2.24) is 4.57 Å². The Morgan fingerprint density at radius 3 is 2.47 bits per heavy atom. The summed E-state index contributed by atoms with van der Waals surface area (Å²) < 4.78 is 12.7. The maximum atomic E-state index is 12.6. The fourth-order valence-electron chi connectivity index (χ4n) is 3.34. The molecule has 1 amide bonds. The van der Waals surface area contributed by atoms with Crippen molar-refractivity contribution in [2.24, 2.45) is 5.92 Å². The van der Waals surface area contributed by atoms with Gasteiger partial charge in [0, 0.05) is 17.9 Å². The second-order valence-corrected chi connectivity index (χ2v) is 8.24. The molecule has 7 nitrogen and oxygen atoms in total. The molecule has 1 aromatic carbocycles. The molecule has 1 heterocycles. The zero-order valence-corrected chi connectivity index (χ0v) is 19.8. The molecular weight excluding hydrogens is 406 g/mol. The van der Waals surface area contributed by atoms with E-state index in [0.717, 1.165) is 29.1 Å². The van der Waals surface area contributed by atoms with Crippen LogP contribution in [0.3, 0.4) is 0 Å². The van der Waals surface area contributed by atoms with Gasteiger partial charge in [0.15, 0.2) is 6.10 Å². The van der Waals surface area contributed by atoms with E-state index in [1.807, 2.05) is 39.0 Å². The summed E-state index contributed by atoms with van der Waals surface area (Å²) in [6.07, 6.45) is 0.410. The lowest BCUT2D eigenvalue weighted by Gasteiger charge is -2.15. The summed E-state index contributed by atoms with van der Waals surface area (Å²) >= 11 is 0. The van der Waals surface area contributed by atoms with E-state index < -0.39 is 18.0 Å². The predicted molar refractivity (Wildman–Crippen MR) is 124 cm³/mol. The Labute approximate surface area is 189 Å². The average molecular weight is 438 g/mol. The molecule has 2 rings (SSSR count). The Hall–Kier alpha value is -3.53. The molecule has 1 unspecified atom stereocenters. The van der Waals surface area contributed by atoms with Crippen molar-refractivity contribution in [1.29, 1.82) is 5.26 Å². The Morgan fingerprint density at radius 1 is 1.19 bits per heavy atom. The smallest absolute Gasteiger partial charge is 0.349 e. The van der Waals surface area contributed by atoms with E-state index in [1.165, 1.54) is 20.1 Å². The first-order valence-electron chi connectivity index (χ1n) is 10.5. The fourth-order valence-corrected chi connectivity index (χ4v) is 3.34. The molecule has 0 aliphatic rings. The number of hydrogen-bond donors (Lipinski definition) is 1. The number of nitriles is 1. The SMILES string of the molecule is COc1ccc(C)cc1NC(=O)C(C)OC(=O)/C(C#N)=C/c1cc(C)n(CC(C)C)c1C. The van der Waals surface area contributed by atoms with Crippen molar-refractivity contribution < 1.29 is 19.1 Å². The minimum Gasteiger partial charge on any atom is -0.495 e. The molecular formula is C25H31N3O4. The van der Waals surface area contributed by atoms with E-state index in [4.69, 9.17) is 9.47 Å². The van der Waals surface area contributed by atoms with E-state index in [2.05, 4.69) is 23.7 Å². The molecule has 0 saturated carbocycles. The van der Waals surface area contributed by atoms with Crippen molar-refractivity contribution in [3.05, 3.63) is 52.4 Å². The summed E-state index contributed by atoms with van der Waals surface area (Å²) in [5.74, 6) is -0.407. The van der Waals surface area contributed by atoms with Crippen LogP contribution in [0.1, 0.15) is 43.3 Å². The van der Waals surface area contributed by atoms with Crippen LogP contribution >= 0.6 is 0 Å². The molecule has 0 saturated heterocycles. The molecule has 1 N–H and O–H groups in total. The third-order valence-electron chi connectivity index (χ3n) is 5.07. The van der Waals surface area contributed by atoms with Gasteiger partial charge in [-0.2, -0.15) is 5.26 Å². The Bertz CT molecular complexity index is 1070. The van der Waals surface area contributed by atoms with Gasteiger partial charge in [-0.1, -0.05) is 19.9 Å². The minimum absolute atomic E-state index is 0.164. The number of aryl methyl sites for hydroxylation is 2. The topological polar surface area (TPSA) is 93.3 Å². The van der Waals surface area contributed by atoms with Gasteiger partial charge in [-0.3, -0.25) is 4.79 Å². The first-order chi connectivity index (χ1) is 15.1.